The van der Waals surface area contributed by atoms with Gasteiger partial charge in [0.15, 0.2) is 0 Å². The van der Waals surface area contributed by atoms with Crippen molar-refractivity contribution in [3.8, 4) is 0 Å². The first kappa shape index (κ1) is 13.9. The summed E-state index contributed by atoms with van der Waals surface area (Å²) in [5.74, 6) is 0.730. The van der Waals surface area contributed by atoms with Gasteiger partial charge in [-0.2, -0.15) is 0 Å². The second kappa shape index (κ2) is 6.17. The van der Waals surface area contributed by atoms with Crippen LogP contribution in [0.1, 0.15) is 50.7 Å². The molecule has 20 heavy (non-hydrogen) atoms. The van der Waals surface area contributed by atoms with Crippen molar-refractivity contribution in [3.05, 3.63) is 29.3 Å². The molecule has 1 aromatic rings. The topological polar surface area (TPSA) is 15.3 Å². The Morgan fingerprint density at radius 2 is 2.05 bits per heavy atom. The first-order valence-electron chi connectivity index (χ1n) is 8.34. The number of benzene rings is 1. The summed E-state index contributed by atoms with van der Waals surface area (Å²) < 4.78 is 0. The number of nitrogens with zero attached hydrogens (tertiary/aromatic N) is 1. The normalized spacial score (nSPS) is 19.4. The summed E-state index contributed by atoms with van der Waals surface area (Å²) in [4.78, 5) is 2.74. The highest BCUT2D eigenvalue weighted by Gasteiger charge is 2.26. The molecule has 0 amide bonds. The van der Waals surface area contributed by atoms with Crippen molar-refractivity contribution < 1.29 is 0 Å². The highest BCUT2D eigenvalue weighted by molar-refractivity contribution is 5.58. The fourth-order valence-electron chi connectivity index (χ4n) is 3.83. The molecule has 1 fully saturated rings. The molecule has 1 N–H and O–H groups in total. The van der Waals surface area contributed by atoms with Crippen LogP contribution in [0.15, 0.2) is 18.2 Å². The van der Waals surface area contributed by atoms with E-state index in [2.05, 4.69) is 42.3 Å². The van der Waals surface area contributed by atoms with Crippen LogP contribution < -0.4 is 10.2 Å². The molecule has 0 saturated heterocycles. The first-order chi connectivity index (χ1) is 9.75. The van der Waals surface area contributed by atoms with Crippen LogP contribution in [0.2, 0.25) is 0 Å². The minimum Gasteiger partial charge on any atom is -0.368 e. The number of anilines is 1. The van der Waals surface area contributed by atoms with Gasteiger partial charge < -0.3 is 10.2 Å². The zero-order valence-electron chi connectivity index (χ0n) is 13.0. The number of nitrogens with one attached hydrogen (secondary N) is 1. The fourth-order valence-corrected chi connectivity index (χ4v) is 3.83. The maximum absolute atomic E-state index is 3.50. The van der Waals surface area contributed by atoms with E-state index >= 15 is 0 Å². The molecule has 0 unspecified atom stereocenters. The van der Waals surface area contributed by atoms with Crippen LogP contribution in [0.3, 0.4) is 0 Å². The lowest BCUT2D eigenvalue weighted by Crippen LogP contribution is -2.38. The summed E-state index contributed by atoms with van der Waals surface area (Å²) in [6, 6.07) is 7.69. The molecule has 0 aromatic heterocycles. The lowest BCUT2D eigenvalue weighted by molar-refractivity contribution is 0.531. The minimum absolute atomic E-state index is 0.730. The van der Waals surface area contributed by atoms with Gasteiger partial charge in [-0.05, 0) is 48.9 Å². The Kier molecular flexibility index (Phi) is 4.30. The van der Waals surface area contributed by atoms with Crippen LogP contribution in [-0.4, -0.2) is 19.1 Å². The molecular weight excluding hydrogens is 244 g/mol. The Morgan fingerprint density at radius 1 is 1.25 bits per heavy atom. The molecule has 2 aliphatic rings. The van der Waals surface area contributed by atoms with Crippen LogP contribution in [0.5, 0.6) is 0 Å². The van der Waals surface area contributed by atoms with Crippen LogP contribution in [0, 0.1) is 5.92 Å². The van der Waals surface area contributed by atoms with Gasteiger partial charge in [-0.3, -0.25) is 0 Å². The van der Waals surface area contributed by atoms with Crippen molar-refractivity contribution in [3.63, 3.8) is 0 Å². The number of hydrogen-bond acceptors (Lipinski definition) is 2. The van der Waals surface area contributed by atoms with Gasteiger partial charge in [0.2, 0.25) is 0 Å². The Balaban J connectivity index is 1.93. The van der Waals surface area contributed by atoms with Gasteiger partial charge in [-0.15, -0.1) is 0 Å². The number of rotatable bonds is 4. The molecule has 1 aromatic carbocycles. The molecule has 0 radical (unpaired) electrons. The van der Waals surface area contributed by atoms with Crippen molar-refractivity contribution in [2.75, 3.05) is 18.0 Å². The Labute approximate surface area is 123 Å². The molecule has 0 atom stereocenters. The minimum atomic E-state index is 0.730. The summed E-state index contributed by atoms with van der Waals surface area (Å²) >= 11 is 0. The highest BCUT2D eigenvalue weighted by Crippen LogP contribution is 2.33. The molecule has 0 bridgehead atoms. The van der Waals surface area contributed by atoms with Crippen LogP contribution in [0.4, 0.5) is 5.69 Å². The second-order valence-electron chi connectivity index (χ2n) is 6.83. The van der Waals surface area contributed by atoms with Crippen molar-refractivity contribution in [2.24, 2.45) is 5.92 Å². The predicted molar refractivity (Wildman–Crippen MR) is 86.3 cm³/mol. The van der Waals surface area contributed by atoms with Gasteiger partial charge in [0.05, 0.1) is 0 Å². The zero-order valence-corrected chi connectivity index (χ0v) is 13.0. The van der Waals surface area contributed by atoms with Gasteiger partial charge in [0.1, 0.15) is 0 Å². The molecule has 2 nitrogen and oxygen atoms in total. The third kappa shape index (κ3) is 2.85. The van der Waals surface area contributed by atoms with E-state index in [1.54, 1.807) is 5.56 Å². The van der Waals surface area contributed by atoms with Gasteiger partial charge in [-0.1, -0.05) is 38.8 Å². The van der Waals surface area contributed by atoms with Crippen molar-refractivity contribution in [1.82, 2.24) is 5.32 Å². The van der Waals surface area contributed by atoms with Gasteiger partial charge in [0, 0.05) is 24.8 Å². The standard InChI is InChI=1S/C18H28N2/c1-14(2)13-20(16-7-3-4-8-16)18-9-5-6-15-12-19-11-10-17(15)18/h5-6,9,14,16,19H,3-4,7-8,10-13H2,1-2H3. The van der Waals surface area contributed by atoms with Crippen molar-refractivity contribution >= 4 is 5.69 Å². The van der Waals surface area contributed by atoms with Gasteiger partial charge >= 0.3 is 0 Å². The quantitative estimate of drug-likeness (QED) is 0.898. The SMILES string of the molecule is CC(C)CN(c1cccc2c1CCNC2)C1CCCC1. The summed E-state index contributed by atoms with van der Waals surface area (Å²) in [5, 5.41) is 3.50. The summed E-state index contributed by atoms with van der Waals surface area (Å²) in [6.07, 6.45) is 6.78. The summed E-state index contributed by atoms with van der Waals surface area (Å²) in [7, 11) is 0. The Hall–Kier alpha value is -1.02. The summed E-state index contributed by atoms with van der Waals surface area (Å²) in [5.41, 5.74) is 4.66. The number of hydrogen-bond donors (Lipinski definition) is 1. The van der Waals surface area contributed by atoms with Crippen LogP contribution >= 0.6 is 0 Å². The highest BCUT2D eigenvalue weighted by atomic mass is 15.2. The number of fused-ring (bicyclic) bond motifs is 1. The van der Waals surface area contributed by atoms with Crippen LogP contribution in [0.25, 0.3) is 0 Å². The van der Waals surface area contributed by atoms with E-state index in [1.165, 1.54) is 49.9 Å². The van der Waals surface area contributed by atoms with E-state index in [4.69, 9.17) is 0 Å². The average molecular weight is 272 g/mol. The third-order valence-electron chi connectivity index (χ3n) is 4.75. The predicted octanol–water partition coefficient (Wildman–Crippen LogP) is 3.74. The lowest BCUT2D eigenvalue weighted by atomic mass is 9.96. The van der Waals surface area contributed by atoms with Gasteiger partial charge in [-0.25, -0.2) is 0 Å². The Morgan fingerprint density at radius 3 is 2.80 bits per heavy atom. The fraction of sp³-hybridized carbons (Fsp3) is 0.667. The molecule has 2 heteroatoms. The monoisotopic (exact) mass is 272 g/mol. The molecule has 1 saturated carbocycles. The average Bonchev–Trinajstić information content (AvgIpc) is 2.98. The molecular formula is C18H28N2. The molecule has 110 valence electrons. The second-order valence-corrected chi connectivity index (χ2v) is 6.83. The largest absolute Gasteiger partial charge is 0.368 e. The lowest BCUT2D eigenvalue weighted by Gasteiger charge is -2.36. The molecule has 0 spiro atoms. The van der Waals surface area contributed by atoms with E-state index in [0.717, 1.165) is 25.0 Å². The Bertz CT molecular complexity index is 447. The smallest absolute Gasteiger partial charge is 0.0405 e. The maximum atomic E-state index is 3.50. The molecule has 1 heterocycles. The van der Waals surface area contributed by atoms with Crippen molar-refractivity contribution in [2.45, 2.75) is 58.5 Å². The van der Waals surface area contributed by atoms with Gasteiger partial charge in [0.25, 0.3) is 0 Å². The molecule has 1 aliphatic carbocycles. The van der Waals surface area contributed by atoms with E-state index in [9.17, 15) is 0 Å². The third-order valence-corrected chi connectivity index (χ3v) is 4.75. The van der Waals surface area contributed by atoms with Crippen molar-refractivity contribution in [1.29, 1.82) is 0 Å². The maximum Gasteiger partial charge on any atom is 0.0405 e. The zero-order chi connectivity index (χ0) is 13.9. The van der Waals surface area contributed by atoms with Crippen LogP contribution in [-0.2, 0) is 13.0 Å². The molecule has 1 aliphatic heterocycles. The first-order valence-corrected chi connectivity index (χ1v) is 8.34. The summed E-state index contributed by atoms with van der Waals surface area (Å²) in [6.45, 7) is 8.07. The van der Waals surface area contributed by atoms with E-state index in [0.29, 0.717) is 0 Å². The van der Waals surface area contributed by atoms with E-state index in [-0.39, 0.29) is 0 Å². The van der Waals surface area contributed by atoms with E-state index in [1.807, 2.05) is 0 Å². The van der Waals surface area contributed by atoms with E-state index < -0.39 is 0 Å². The molecule has 3 rings (SSSR count).